The quantitative estimate of drug-likeness (QED) is 0.698. The van der Waals surface area contributed by atoms with Crippen molar-refractivity contribution in [2.24, 2.45) is 0 Å². The van der Waals surface area contributed by atoms with Crippen molar-refractivity contribution >= 4 is 15.9 Å². The number of nitrogens with one attached hydrogen (secondary N) is 1. The molecular formula is C16H26N2O4S. The molecule has 0 spiro atoms. The molecule has 0 unspecified atom stereocenters. The van der Waals surface area contributed by atoms with Crippen molar-refractivity contribution in [1.82, 2.24) is 9.62 Å². The van der Waals surface area contributed by atoms with E-state index in [9.17, 15) is 13.2 Å². The molecule has 1 N–H and O–H groups in total. The van der Waals surface area contributed by atoms with Crippen LogP contribution >= 0.6 is 0 Å². The number of hydrogen-bond donors (Lipinski definition) is 1. The Morgan fingerprint density at radius 3 is 2.65 bits per heavy atom. The Labute approximate surface area is 138 Å². The third-order valence-electron chi connectivity index (χ3n) is 3.43. The molecule has 0 aliphatic heterocycles. The molecule has 7 heteroatoms. The molecular weight excluding hydrogens is 316 g/mol. The van der Waals surface area contributed by atoms with Gasteiger partial charge in [-0.3, -0.25) is 4.79 Å². The van der Waals surface area contributed by atoms with Crippen LogP contribution < -0.4 is 9.46 Å². The molecule has 0 saturated heterocycles. The average molecular weight is 342 g/mol. The predicted octanol–water partition coefficient (Wildman–Crippen LogP) is 1.42. The van der Waals surface area contributed by atoms with Gasteiger partial charge in [-0.15, -0.1) is 0 Å². The number of carbonyl (C=O) groups excluding carboxylic acids is 1. The van der Waals surface area contributed by atoms with E-state index in [2.05, 4.69) is 4.72 Å². The topological polar surface area (TPSA) is 75.7 Å². The third-order valence-corrected chi connectivity index (χ3v) is 5.02. The van der Waals surface area contributed by atoms with Gasteiger partial charge in [-0.2, -0.15) is 0 Å². The van der Waals surface area contributed by atoms with Gasteiger partial charge in [0.2, 0.25) is 15.9 Å². The molecule has 0 fully saturated rings. The number of sulfonamides is 1. The number of carbonyl (C=O) groups is 1. The molecule has 1 aromatic carbocycles. The fraction of sp³-hybridized carbons (Fsp3) is 0.562. The Hall–Kier alpha value is -1.60. The van der Waals surface area contributed by atoms with Crippen molar-refractivity contribution in [3.8, 4) is 5.75 Å². The van der Waals surface area contributed by atoms with Gasteiger partial charge in [0, 0.05) is 26.6 Å². The zero-order chi connectivity index (χ0) is 17.3. The van der Waals surface area contributed by atoms with E-state index in [-0.39, 0.29) is 18.2 Å². The zero-order valence-electron chi connectivity index (χ0n) is 14.0. The highest BCUT2D eigenvalue weighted by atomic mass is 32.2. The molecule has 1 amide bonds. The number of hydrogen-bond acceptors (Lipinski definition) is 4. The van der Waals surface area contributed by atoms with Crippen molar-refractivity contribution in [2.45, 2.75) is 26.7 Å². The van der Waals surface area contributed by atoms with Crippen molar-refractivity contribution in [3.05, 3.63) is 29.8 Å². The van der Waals surface area contributed by atoms with Gasteiger partial charge in [0.1, 0.15) is 5.75 Å². The van der Waals surface area contributed by atoms with Crippen LogP contribution in [0.15, 0.2) is 24.3 Å². The number of nitrogens with zero attached hydrogens (tertiary/aromatic N) is 1. The molecule has 1 aromatic rings. The maximum Gasteiger partial charge on any atom is 0.219 e. The summed E-state index contributed by atoms with van der Waals surface area (Å²) >= 11 is 0. The first-order chi connectivity index (χ1) is 10.9. The highest BCUT2D eigenvalue weighted by Crippen LogP contribution is 2.13. The normalized spacial score (nSPS) is 11.3. The van der Waals surface area contributed by atoms with Crippen LogP contribution in [0.2, 0.25) is 0 Å². The average Bonchev–Trinajstić information content (AvgIpc) is 2.50. The lowest BCUT2D eigenvalue weighted by molar-refractivity contribution is -0.128. The van der Waals surface area contributed by atoms with Gasteiger partial charge in [-0.1, -0.05) is 19.1 Å². The summed E-state index contributed by atoms with van der Waals surface area (Å²) in [5, 5.41) is 0. The maximum atomic E-state index is 11.7. The summed E-state index contributed by atoms with van der Waals surface area (Å²) in [5.41, 5.74) is 1.07. The highest BCUT2D eigenvalue weighted by molar-refractivity contribution is 7.89. The van der Waals surface area contributed by atoms with E-state index in [0.29, 0.717) is 25.9 Å². The molecule has 0 radical (unpaired) electrons. The second kappa shape index (κ2) is 9.52. The molecule has 1 rings (SSSR count). The highest BCUT2D eigenvalue weighted by Gasteiger charge is 2.12. The van der Waals surface area contributed by atoms with Crippen LogP contribution in [0.3, 0.4) is 0 Å². The van der Waals surface area contributed by atoms with E-state index in [1.807, 2.05) is 31.2 Å². The number of benzene rings is 1. The summed E-state index contributed by atoms with van der Waals surface area (Å²) < 4.78 is 30.9. The van der Waals surface area contributed by atoms with Gasteiger partial charge in [-0.05, 0) is 30.5 Å². The van der Waals surface area contributed by atoms with Crippen LogP contribution in [-0.4, -0.2) is 51.7 Å². The van der Waals surface area contributed by atoms with Crippen LogP contribution in [0, 0.1) is 0 Å². The van der Waals surface area contributed by atoms with Crippen LogP contribution in [0.25, 0.3) is 0 Å². The van der Waals surface area contributed by atoms with Gasteiger partial charge in [0.05, 0.1) is 12.9 Å². The van der Waals surface area contributed by atoms with Gasteiger partial charge in [-0.25, -0.2) is 13.1 Å². The van der Waals surface area contributed by atoms with E-state index in [0.717, 1.165) is 11.3 Å². The van der Waals surface area contributed by atoms with E-state index in [1.165, 1.54) is 6.92 Å². The van der Waals surface area contributed by atoms with Gasteiger partial charge in [0.15, 0.2) is 0 Å². The lowest BCUT2D eigenvalue weighted by atomic mass is 10.1. The zero-order valence-corrected chi connectivity index (χ0v) is 14.9. The molecule has 130 valence electrons. The molecule has 0 heterocycles. The monoisotopic (exact) mass is 342 g/mol. The molecule has 0 aliphatic rings. The smallest absolute Gasteiger partial charge is 0.219 e. The summed E-state index contributed by atoms with van der Waals surface area (Å²) in [6.45, 7) is 4.45. The molecule has 23 heavy (non-hydrogen) atoms. The first-order valence-corrected chi connectivity index (χ1v) is 9.39. The predicted molar refractivity (Wildman–Crippen MR) is 91.0 cm³/mol. The van der Waals surface area contributed by atoms with Crippen LogP contribution in [0.5, 0.6) is 5.75 Å². The molecule has 0 aromatic heterocycles. The van der Waals surface area contributed by atoms with E-state index in [1.54, 1.807) is 12.0 Å². The molecule has 0 bridgehead atoms. The molecule has 0 aliphatic carbocycles. The second-order valence-corrected chi connectivity index (χ2v) is 7.25. The summed E-state index contributed by atoms with van der Waals surface area (Å²) in [7, 11) is -1.62. The lowest BCUT2D eigenvalue weighted by Crippen LogP contribution is -2.39. The minimum atomic E-state index is -3.23. The summed E-state index contributed by atoms with van der Waals surface area (Å²) in [6.07, 6.45) is 1.26. The Kier molecular flexibility index (Phi) is 8.05. The number of amides is 1. The van der Waals surface area contributed by atoms with Crippen LogP contribution in [0.4, 0.5) is 0 Å². The Balaban J connectivity index is 2.50. The maximum absolute atomic E-state index is 11.7. The van der Waals surface area contributed by atoms with Crippen LogP contribution in [-0.2, 0) is 21.2 Å². The summed E-state index contributed by atoms with van der Waals surface area (Å²) in [4.78, 5) is 13.3. The van der Waals surface area contributed by atoms with Gasteiger partial charge >= 0.3 is 0 Å². The first kappa shape index (κ1) is 19.4. The largest absolute Gasteiger partial charge is 0.497 e. The minimum absolute atomic E-state index is 0.0671. The van der Waals surface area contributed by atoms with Crippen molar-refractivity contribution in [2.75, 3.05) is 32.5 Å². The molecule has 0 atom stereocenters. The number of rotatable bonds is 10. The van der Waals surface area contributed by atoms with E-state index < -0.39 is 10.0 Å². The van der Waals surface area contributed by atoms with Gasteiger partial charge < -0.3 is 9.64 Å². The number of ether oxygens (including phenoxy) is 1. The third kappa shape index (κ3) is 7.47. The van der Waals surface area contributed by atoms with Crippen LogP contribution in [0.1, 0.15) is 25.8 Å². The summed E-state index contributed by atoms with van der Waals surface area (Å²) in [6, 6.07) is 7.69. The Morgan fingerprint density at radius 1 is 1.30 bits per heavy atom. The summed E-state index contributed by atoms with van der Waals surface area (Å²) in [5.74, 6) is 0.823. The van der Waals surface area contributed by atoms with Crippen molar-refractivity contribution in [1.29, 1.82) is 0 Å². The number of methoxy groups -OCH3 is 1. The Morgan fingerprint density at radius 2 is 2.04 bits per heavy atom. The second-order valence-electron chi connectivity index (χ2n) is 5.32. The SMILES string of the molecule is CCCS(=O)(=O)NCCN(CCc1cccc(OC)c1)C(C)=O. The van der Waals surface area contributed by atoms with Crippen molar-refractivity contribution in [3.63, 3.8) is 0 Å². The minimum Gasteiger partial charge on any atom is -0.497 e. The Bertz CT molecular complexity index is 602. The van der Waals surface area contributed by atoms with Gasteiger partial charge in [0.25, 0.3) is 0 Å². The molecule has 0 saturated carbocycles. The molecule has 6 nitrogen and oxygen atoms in total. The van der Waals surface area contributed by atoms with E-state index >= 15 is 0 Å². The first-order valence-electron chi connectivity index (χ1n) is 7.73. The fourth-order valence-corrected chi connectivity index (χ4v) is 3.28. The van der Waals surface area contributed by atoms with E-state index in [4.69, 9.17) is 4.74 Å². The van der Waals surface area contributed by atoms with Crippen molar-refractivity contribution < 1.29 is 17.9 Å². The fourth-order valence-electron chi connectivity index (χ4n) is 2.20. The lowest BCUT2D eigenvalue weighted by Gasteiger charge is -2.21. The standard InChI is InChI=1S/C16H26N2O4S/c1-4-12-23(20,21)17-9-11-18(14(2)19)10-8-15-6-5-7-16(13-15)22-3/h5-7,13,17H,4,8-12H2,1-3H3.